The van der Waals surface area contributed by atoms with Crippen molar-refractivity contribution in [2.24, 2.45) is 0 Å². The fourth-order valence-electron chi connectivity index (χ4n) is 3.35. The Kier molecular flexibility index (Phi) is 6.59. The van der Waals surface area contributed by atoms with Gasteiger partial charge in [-0.3, -0.25) is 14.4 Å². The maximum Gasteiger partial charge on any atom is 0.256 e. The van der Waals surface area contributed by atoms with Crippen LogP contribution in [0.2, 0.25) is 0 Å². The Bertz CT molecular complexity index is 888. The Morgan fingerprint density at radius 1 is 0.897 bits per heavy atom. The third kappa shape index (κ3) is 4.99. The topological polar surface area (TPSA) is 60.9 Å². The molecule has 3 amide bonds. The second-order valence-electron chi connectivity index (χ2n) is 7.03. The first-order valence-electron chi connectivity index (χ1n) is 9.59. The van der Waals surface area contributed by atoms with Gasteiger partial charge < -0.3 is 14.7 Å². The summed E-state index contributed by atoms with van der Waals surface area (Å²) in [5, 5.41) is 0. The van der Waals surface area contributed by atoms with Crippen molar-refractivity contribution in [3.8, 4) is 0 Å². The number of likely N-dealkylation sites (N-methyl/N-ethyl adjacent to an activating group) is 1. The van der Waals surface area contributed by atoms with Crippen LogP contribution < -0.4 is 0 Å². The van der Waals surface area contributed by atoms with E-state index in [-0.39, 0.29) is 29.8 Å². The minimum Gasteiger partial charge on any atom is -0.339 e. The molecule has 2 aromatic carbocycles. The minimum absolute atomic E-state index is 0.0328. The third-order valence-electron chi connectivity index (χ3n) is 4.98. The molecule has 0 unspecified atom stereocenters. The molecule has 1 fully saturated rings. The van der Waals surface area contributed by atoms with Gasteiger partial charge >= 0.3 is 0 Å². The molecule has 3 rings (SSSR count). The first-order chi connectivity index (χ1) is 14.0. The van der Waals surface area contributed by atoms with Crippen LogP contribution in [0.1, 0.15) is 27.1 Å². The molecule has 0 aliphatic carbocycles. The summed E-state index contributed by atoms with van der Waals surface area (Å²) in [7, 11) is 1.60. The molecule has 0 saturated carbocycles. The summed E-state index contributed by atoms with van der Waals surface area (Å²) in [5.41, 5.74) is 0.570. The summed E-state index contributed by atoms with van der Waals surface area (Å²) in [6.45, 7) is 1.60. The Hall–Kier alpha value is -3.22. The van der Waals surface area contributed by atoms with Gasteiger partial charge in [0.15, 0.2) is 0 Å². The third-order valence-corrected chi connectivity index (χ3v) is 4.98. The number of carbonyl (C=O) groups excluding carboxylic acids is 3. The predicted octanol–water partition coefficient (Wildman–Crippen LogP) is 2.27. The Morgan fingerprint density at radius 3 is 2.24 bits per heavy atom. The highest BCUT2D eigenvalue weighted by Gasteiger charge is 2.25. The van der Waals surface area contributed by atoms with Gasteiger partial charge in [-0.2, -0.15) is 0 Å². The SMILES string of the molecule is CN(CC(=O)N1CCCN(C(=O)c2ccccc2F)CC1)C(=O)c1ccccc1. The number of hydrogen-bond acceptors (Lipinski definition) is 3. The van der Waals surface area contributed by atoms with Gasteiger partial charge in [0.1, 0.15) is 5.82 Å². The smallest absolute Gasteiger partial charge is 0.256 e. The Morgan fingerprint density at radius 2 is 1.52 bits per heavy atom. The van der Waals surface area contributed by atoms with E-state index in [0.29, 0.717) is 38.2 Å². The number of hydrogen-bond donors (Lipinski definition) is 0. The zero-order valence-electron chi connectivity index (χ0n) is 16.4. The van der Waals surface area contributed by atoms with Crippen molar-refractivity contribution >= 4 is 17.7 Å². The molecule has 1 heterocycles. The van der Waals surface area contributed by atoms with Crippen molar-refractivity contribution < 1.29 is 18.8 Å². The number of carbonyl (C=O) groups is 3. The average Bonchev–Trinajstić information content (AvgIpc) is 3.00. The molecule has 1 aliphatic rings. The van der Waals surface area contributed by atoms with Gasteiger partial charge in [-0.05, 0) is 30.7 Å². The van der Waals surface area contributed by atoms with E-state index in [9.17, 15) is 18.8 Å². The Labute approximate surface area is 169 Å². The quantitative estimate of drug-likeness (QED) is 0.795. The molecule has 0 N–H and O–H groups in total. The van der Waals surface area contributed by atoms with Crippen LogP contribution in [0.5, 0.6) is 0 Å². The number of amides is 3. The number of nitrogens with zero attached hydrogens (tertiary/aromatic N) is 3. The van der Waals surface area contributed by atoms with E-state index in [0.717, 1.165) is 0 Å². The summed E-state index contributed by atoms with van der Waals surface area (Å²) < 4.78 is 13.9. The maximum absolute atomic E-state index is 13.9. The molecule has 152 valence electrons. The molecule has 1 saturated heterocycles. The van der Waals surface area contributed by atoms with Gasteiger partial charge in [-0.15, -0.1) is 0 Å². The maximum atomic E-state index is 13.9. The molecule has 0 spiro atoms. The fourth-order valence-corrected chi connectivity index (χ4v) is 3.35. The molecule has 0 atom stereocenters. The summed E-state index contributed by atoms with van der Waals surface area (Å²) in [5.74, 6) is -1.30. The lowest BCUT2D eigenvalue weighted by atomic mass is 10.2. The highest BCUT2D eigenvalue weighted by atomic mass is 19.1. The molecule has 0 radical (unpaired) electrons. The van der Waals surface area contributed by atoms with Gasteiger partial charge in [-0.25, -0.2) is 4.39 Å². The summed E-state index contributed by atoms with van der Waals surface area (Å²) in [6, 6.07) is 14.7. The number of benzene rings is 2. The van der Waals surface area contributed by atoms with Crippen molar-refractivity contribution in [1.82, 2.24) is 14.7 Å². The van der Waals surface area contributed by atoms with Crippen LogP contribution in [0.4, 0.5) is 4.39 Å². The molecule has 7 heteroatoms. The zero-order valence-corrected chi connectivity index (χ0v) is 16.4. The van der Waals surface area contributed by atoms with Gasteiger partial charge in [0, 0.05) is 38.8 Å². The molecule has 0 bridgehead atoms. The molecule has 2 aromatic rings. The van der Waals surface area contributed by atoms with E-state index in [2.05, 4.69) is 0 Å². The van der Waals surface area contributed by atoms with E-state index in [4.69, 9.17) is 0 Å². The van der Waals surface area contributed by atoms with Crippen molar-refractivity contribution in [2.45, 2.75) is 6.42 Å². The molecule has 6 nitrogen and oxygen atoms in total. The van der Waals surface area contributed by atoms with Crippen LogP contribution in [-0.2, 0) is 4.79 Å². The van der Waals surface area contributed by atoms with Crippen LogP contribution in [-0.4, -0.2) is 72.2 Å². The van der Waals surface area contributed by atoms with Crippen LogP contribution in [0, 0.1) is 5.82 Å². The van der Waals surface area contributed by atoms with Crippen molar-refractivity contribution in [3.05, 3.63) is 71.5 Å². The van der Waals surface area contributed by atoms with Crippen molar-refractivity contribution in [1.29, 1.82) is 0 Å². The van der Waals surface area contributed by atoms with Crippen LogP contribution >= 0.6 is 0 Å². The highest BCUT2D eigenvalue weighted by molar-refractivity contribution is 5.96. The standard InChI is InChI=1S/C22H24FN3O3/c1-24(21(28)17-8-3-2-4-9-17)16-20(27)25-12-7-13-26(15-14-25)22(29)18-10-5-6-11-19(18)23/h2-6,8-11H,7,12-16H2,1H3. The van der Waals surface area contributed by atoms with Crippen molar-refractivity contribution in [2.75, 3.05) is 39.8 Å². The van der Waals surface area contributed by atoms with Gasteiger partial charge in [0.2, 0.25) is 5.91 Å². The number of halogens is 1. The molecule has 1 aliphatic heterocycles. The second kappa shape index (κ2) is 9.32. The lowest BCUT2D eigenvalue weighted by molar-refractivity contribution is -0.131. The van der Waals surface area contributed by atoms with E-state index in [1.807, 2.05) is 6.07 Å². The van der Waals surface area contributed by atoms with Crippen LogP contribution in [0.3, 0.4) is 0 Å². The fraction of sp³-hybridized carbons (Fsp3) is 0.318. The van der Waals surface area contributed by atoms with E-state index >= 15 is 0 Å². The number of rotatable bonds is 4. The van der Waals surface area contributed by atoms with Crippen LogP contribution in [0.25, 0.3) is 0 Å². The molecular weight excluding hydrogens is 373 g/mol. The lowest BCUT2D eigenvalue weighted by Gasteiger charge is -2.25. The van der Waals surface area contributed by atoms with E-state index in [1.165, 1.54) is 17.0 Å². The van der Waals surface area contributed by atoms with Crippen LogP contribution in [0.15, 0.2) is 54.6 Å². The second-order valence-corrected chi connectivity index (χ2v) is 7.03. The summed E-state index contributed by atoms with van der Waals surface area (Å²) >= 11 is 0. The van der Waals surface area contributed by atoms with Gasteiger partial charge in [-0.1, -0.05) is 30.3 Å². The molecule has 0 aromatic heterocycles. The first-order valence-corrected chi connectivity index (χ1v) is 9.59. The molecule has 29 heavy (non-hydrogen) atoms. The van der Waals surface area contributed by atoms with E-state index < -0.39 is 5.82 Å². The summed E-state index contributed by atoms with van der Waals surface area (Å²) in [6.07, 6.45) is 0.599. The first kappa shape index (κ1) is 20.5. The summed E-state index contributed by atoms with van der Waals surface area (Å²) in [4.78, 5) is 42.3. The minimum atomic E-state index is -0.546. The highest BCUT2D eigenvalue weighted by Crippen LogP contribution is 2.13. The Balaban J connectivity index is 1.57. The zero-order chi connectivity index (χ0) is 20.8. The van der Waals surface area contributed by atoms with Gasteiger partial charge in [0.25, 0.3) is 11.8 Å². The monoisotopic (exact) mass is 397 g/mol. The average molecular weight is 397 g/mol. The van der Waals surface area contributed by atoms with E-state index in [1.54, 1.807) is 53.2 Å². The largest absolute Gasteiger partial charge is 0.339 e. The predicted molar refractivity (Wildman–Crippen MR) is 107 cm³/mol. The lowest BCUT2D eigenvalue weighted by Crippen LogP contribution is -2.43. The molecular formula is C22H24FN3O3. The van der Waals surface area contributed by atoms with Gasteiger partial charge in [0.05, 0.1) is 12.1 Å². The van der Waals surface area contributed by atoms with Crippen molar-refractivity contribution in [3.63, 3.8) is 0 Å². The normalized spacial score (nSPS) is 14.3.